The normalized spacial score (nSPS) is 23.3. The third-order valence-electron chi connectivity index (χ3n) is 12.3. The number of hydrogen-bond donors (Lipinski definition) is 18. The number of aliphatic hydroxyl groups excluding tert-OH is 4. The Balaban J connectivity index is 0.000000247. The Bertz CT molecular complexity index is 3950. The number of imidazole rings is 2. The SMILES string of the molecule is CCC(=O)Cc1ccc(CCN)cc1.CCC(=O)Nc1ccc(CCNP(=O)(O)OP(=O)(O)OP(=O)(O)OC[C@H]2O[C@@H](n3cnc4c(=O)[nH]c(N)nc43)[C@H](O)[C@@H]2O)cc1.Nc1nc2c(ncn2[C@@H]2O[C@H](COP(=O)(O)OP(=O)(O)OP(=O)(O)O)[C@@H](O)[C@H]2O)c(=O)[nH]1. The number of ketones is 1. The van der Waals surface area contributed by atoms with Gasteiger partial charge in [0, 0.05) is 31.5 Å². The van der Waals surface area contributed by atoms with E-state index in [-0.39, 0.29) is 58.9 Å². The van der Waals surface area contributed by atoms with Crippen molar-refractivity contribution in [3.63, 3.8) is 0 Å². The average molecular weight is 1410 g/mol. The number of amides is 1. The quantitative estimate of drug-likeness (QED) is 0.0282. The Morgan fingerprint density at radius 2 is 1.03 bits per heavy atom. The summed E-state index contributed by atoms with van der Waals surface area (Å²) in [5.74, 6) is -0.446. The zero-order chi connectivity index (χ0) is 67.6. The number of H-pyrrole nitrogens is 2. The van der Waals surface area contributed by atoms with E-state index >= 15 is 0 Å². The molecular formula is C43H63N13O29P6. The minimum atomic E-state index is -5.73. The van der Waals surface area contributed by atoms with Gasteiger partial charge in [0.15, 0.2) is 34.8 Å². The Labute approximate surface area is 510 Å². The number of nitrogen functional groups attached to an aromatic ring is 2. The highest BCUT2D eigenvalue weighted by Gasteiger charge is 2.49. The van der Waals surface area contributed by atoms with Gasteiger partial charge in [-0.3, -0.25) is 47.3 Å². The number of phosphoric ester groups is 2. The number of ether oxygens (including phenoxy) is 2. The van der Waals surface area contributed by atoms with E-state index in [1.165, 1.54) is 5.56 Å². The number of nitrogens with one attached hydrogen (secondary N) is 4. The molecular weight excluding hydrogens is 1350 g/mol. The van der Waals surface area contributed by atoms with Crippen molar-refractivity contribution in [2.75, 3.05) is 43.1 Å². The largest absolute Gasteiger partial charge is 0.490 e. The zero-order valence-corrected chi connectivity index (χ0v) is 52.5. The lowest BCUT2D eigenvalue weighted by atomic mass is 10.0. The van der Waals surface area contributed by atoms with Crippen LogP contribution in [0.1, 0.15) is 55.8 Å². The van der Waals surface area contributed by atoms with Crippen LogP contribution in [0.5, 0.6) is 0 Å². The fourth-order valence-corrected chi connectivity index (χ4v) is 14.8. The highest BCUT2D eigenvalue weighted by molar-refractivity contribution is 7.68. The first-order chi connectivity index (χ1) is 42.3. The number of aliphatic hydroxyl groups is 4. The highest BCUT2D eigenvalue weighted by atomic mass is 31.3. The van der Waals surface area contributed by atoms with E-state index in [1.54, 1.807) is 31.2 Å². The van der Waals surface area contributed by atoms with Crippen LogP contribution in [0.25, 0.3) is 22.3 Å². The lowest BCUT2D eigenvalue weighted by Crippen LogP contribution is -2.33. The number of Topliss-reactive ketones (excluding diaryl/α,β-unsaturated/α-hetero) is 1. The van der Waals surface area contributed by atoms with E-state index in [1.807, 2.05) is 36.3 Å². The monoisotopic (exact) mass is 1410 g/mol. The van der Waals surface area contributed by atoms with Gasteiger partial charge in [-0.25, -0.2) is 42.4 Å². The first-order valence-electron chi connectivity index (χ1n) is 26.1. The van der Waals surface area contributed by atoms with E-state index in [2.05, 4.69) is 61.5 Å². The second-order valence-corrected chi connectivity index (χ2v) is 28.3. The van der Waals surface area contributed by atoms with Gasteiger partial charge in [0.25, 0.3) is 11.1 Å². The summed E-state index contributed by atoms with van der Waals surface area (Å²) < 4.78 is 108. The number of carbonyl (C=O) groups excluding carboxylic acids is 2. The van der Waals surface area contributed by atoms with E-state index < -0.39 is 120 Å². The number of nitrogens with zero attached hydrogens (tertiary/aromatic N) is 6. The van der Waals surface area contributed by atoms with Crippen LogP contribution < -0.4 is 38.7 Å². The maximum atomic E-state index is 12.3. The molecule has 4 aromatic heterocycles. The summed E-state index contributed by atoms with van der Waals surface area (Å²) in [6.45, 7) is 2.00. The Morgan fingerprint density at radius 1 is 0.604 bits per heavy atom. The predicted molar refractivity (Wildman–Crippen MR) is 310 cm³/mol. The van der Waals surface area contributed by atoms with Gasteiger partial charge in [-0.2, -0.15) is 27.2 Å². The fourth-order valence-electron chi connectivity index (χ4n) is 8.12. The van der Waals surface area contributed by atoms with Crippen LogP contribution in [0.4, 0.5) is 17.6 Å². The predicted octanol–water partition coefficient (Wildman–Crippen LogP) is -0.773. The Kier molecular flexibility index (Phi) is 25.5. The maximum absolute atomic E-state index is 12.3. The summed E-state index contributed by atoms with van der Waals surface area (Å²) >= 11 is 0. The average Bonchev–Trinajstić information content (AvgIpc) is 1.64. The first kappa shape index (κ1) is 74.5. The van der Waals surface area contributed by atoms with Crippen LogP contribution in [0.3, 0.4) is 0 Å². The van der Waals surface area contributed by atoms with Crippen molar-refractivity contribution >= 4 is 98.5 Å². The lowest BCUT2D eigenvalue weighted by molar-refractivity contribution is -0.118. The van der Waals surface area contributed by atoms with Gasteiger partial charge in [-0.1, -0.05) is 50.2 Å². The van der Waals surface area contributed by atoms with Gasteiger partial charge >= 0.3 is 46.9 Å². The molecule has 0 radical (unpaired) electrons. The molecule has 6 heterocycles. The molecule has 5 unspecified atom stereocenters. The molecule has 1 amide bonds. The molecule has 504 valence electrons. The summed E-state index contributed by atoms with van der Waals surface area (Å²) in [6.07, 6.45) is -8.17. The number of phosphoric acid groups is 5. The molecule has 13 atom stereocenters. The van der Waals surface area contributed by atoms with E-state index in [9.17, 15) is 86.6 Å². The molecule has 8 rings (SSSR count). The molecule has 6 aromatic rings. The van der Waals surface area contributed by atoms with E-state index in [4.69, 9.17) is 41.4 Å². The van der Waals surface area contributed by atoms with Gasteiger partial charge in [0.2, 0.25) is 17.8 Å². The molecule has 2 aliphatic heterocycles. The third-order valence-corrected chi connectivity index (χ3v) is 20.6. The van der Waals surface area contributed by atoms with Crippen LogP contribution in [0.15, 0.2) is 70.8 Å². The maximum Gasteiger partial charge on any atom is 0.490 e. The number of fused-ring (bicyclic) bond motifs is 2. The molecule has 0 aliphatic carbocycles. The fraction of sp³-hybridized carbons (Fsp3) is 0.442. The summed E-state index contributed by atoms with van der Waals surface area (Å²) in [7, 11) is -33.1. The molecule has 21 N–H and O–H groups in total. The number of hydrogen-bond acceptors (Lipinski definition) is 29. The van der Waals surface area contributed by atoms with Crippen molar-refractivity contribution in [2.45, 2.75) is 95.0 Å². The first-order valence-corrected chi connectivity index (χ1v) is 35.2. The van der Waals surface area contributed by atoms with Gasteiger partial charge in [0.1, 0.15) is 42.4 Å². The third kappa shape index (κ3) is 21.7. The van der Waals surface area contributed by atoms with Crippen LogP contribution in [0.2, 0.25) is 0 Å². The van der Waals surface area contributed by atoms with Gasteiger partial charge in [-0.15, -0.1) is 0 Å². The molecule has 48 heteroatoms. The van der Waals surface area contributed by atoms with Crippen molar-refractivity contribution in [2.24, 2.45) is 5.73 Å². The Morgan fingerprint density at radius 3 is 1.46 bits per heavy atom. The topological polar surface area (TPSA) is 662 Å². The second-order valence-electron chi connectivity index (χ2n) is 19.1. The van der Waals surface area contributed by atoms with E-state index in [0.29, 0.717) is 37.1 Å². The molecule has 42 nitrogen and oxygen atoms in total. The van der Waals surface area contributed by atoms with Gasteiger partial charge in [-0.05, 0) is 48.2 Å². The summed E-state index contributed by atoms with van der Waals surface area (Å²) in [6, 6.07) is 14.6. The van der Waals surface area contributed by atoms with Crippen molar-refractivity contribution in [3.05, 3.63) is 98.6 Å². The molecule has 91 heavy (non-hydrogen) atoms. The summed E-state index contributed by atoms with van der Waals surface area (Å²) in [5, 5.41) is 45.9. The van der Waals surface area contributed by atoms with Crippen molar-refractivity contribution < 1.29 is 127 Å². The standard InChI is InChI=1S/C21H30N7O14P3.C12H17NO.C10H16N5O14P3/c1-2-14(29)25-12-5-3-11(4-6-12)7-8-24-43(33,34)41-45(37,38)42-44(35,36)39-9-13-16(30)17(31)20(40-13)28-10-23-15-18(28)26-21(22)27-19(15)32;1-2-12(14)9-11-5-3-10(4-6-11)7-8-13;11-10-13-7-4(8(18)14-10)12-2-15(7)9-6(17)5(16)3(27-9)1-26-31(22,23)29-32(24,25)28-30(19,20)21/h3-6,10,13,16-17,20,30-31H,2,7-9H2,1H3,(H,25,29)(H,35,36)(H,37,38)(H2,24,33,34)(H3,22,26,27,32);3-6H,2,7-9,13H2,1H3;2-3,5-6,9,16-17H,1H2,(H,22,23)(H,24,25)(H2,19,20,21)(H3,11,13,14,18)/t13-,16-,17-,20-;;3-,5-,6-,9-/m1.1/s1. The van der Waals surface area contributed by atoms with E-state index in [0.717, 1.165) is 33.8 Å². The number of anilines is 3. The highest BCUT2D eigenvalue weighted by Crippen LogP contribution is 2.67. The smallest absolute Gasteiger partial charge is 0.387 e. The number of aromatic amines is 2. The molecule has 2 fully saturated rings. The molecule has 2 aliphatic rings. The number of benzene rings is 2. The van der Waals surface area contributed by atoms with Gasteiger partial charge in [0.05, 0.1) is 25.9 Å². The minimum absolute atomic E-state index is 0.110. The number of nitrogens with two attached hydrogens (primary N) is 3. The van der Waals surface area contributed by atoms with Crippen molar-refractivity contribution in [3.8, 4) is 0 Å². The Hall–Kier alpha value is -5.58. The summed E-state index contributed by atoms with van der Waals surface area (Å²) in [4.78, 5) is 132. The zero-order valence-electron chi connectivity index (χ0n) is 47.1. The molecule has 0 spiro atoms. The number of rotatable bonds is 27. The number of carbonyl (C=O) groups is 2. The van der Waals surface area contributed by atoms with Crippen molar-refractivity contribution in [1.82, 2.24) is 44.1 Å². The second kappa shape index (κ2) is 31.1. The molecule has 2 aromatic carbocycles. The van der Waals surface area contributed by atoms with Crippen LogP contribution in [-0.2, 0) is 92.0 Å². The van der Waals surface area contributed by atoms with Crippen LogP contribution in [0, 0.1) is 0 Å². The van der Waals surface area contributed by atoms with Crippen LogP contribution >= 0.6 is 46.9 Å². The molecule has 0 saturated carbocycles. The molecule has 2 saturated heterocycles. The van der Waals surface area contributed by atoms with Crippen LogP contribution in [-0.4, -0.2) is 168 Å². The lowest BCUT2D eigenvalue weighted by Gasteiger charge is -2.20. The summed E-state index contributed by atoms with van der Waals surface area (Å²) in [5.41, 5.74) is 18.1. The van der Waals surface area contributed by atoms with Gasteiger partial charge < -0.3 is 86.7 Å². The number of aromatic nitrogens is 8. The van der Waals surface area contributed by atoms with Crippen molar-refractivity contribution in [1.29, 1.82) is 0 Å². The molecule has 0 bridgehead atoms. The minimum Gasteiger partial charge on any atom is -0.387 e.